The first kappa shape index (κ1) is 19.1. The largest absolute Gasteiger partial charge is 0.379 e. The van der Waals surface area contributed by atoms with E-state index in [0.29, 0.717) is 17.5 Å². The number of anilines is 1. The zero-order valence-corrected chi connectivity index (χ0v) is 15.1. The molecule has 0 radical (unpaired) electrons. The average Bonchev–Trinajstić information content (AvgIpc) is 2.94. The summed E-state index contributed by atoms with van der Waals surface area (Å²) in [5, 5.41) is 3.41. The van der Waals surface area contributed by atoms with E-state index in [1.807, 2.05) is 13.1 Å². The van der Waals surface area contributed by atoms with Crippen LogP contribution in [0.25, 0.3) is 0 Å². The third-order valence-electron chi connectivity index (χ3n) is 3.98. The van der Waals surface area contributed by atoms with Gasteiger partial charge in [-0.3, -0.25) is 4.79 Å². The van der Waals surface area contributed by atoms with Crippen molar-refractivity contribution in [3.05, 3.63) is 11.1 Å². The van der Waals surface area contributed by atoms with Gasteiger partial charge >= 0.3 is 0 Å². The van der Waals surface area contributed by atoms with Crippen molar-refractivity contribution in [1.82, 2.24) is 4.98 Å². The molecule has 5 nitrogen and oxygen atoms in total. The summed E-state index contributed by atoms with van der Waals surface area (Å²) in [5.74, 6) is 0.258. The number of nitrogens with two attached hydrogens (primary N) is 1. The SMILES string of the molecule is CCC(N)C(=O)Nc1ncc(C(C)CCCC(C)(C)OC)s1. The number of nitrogens with zero attached hydrogens (tertiary/aromatic N) is 1. The Morgan fingerprint density at radius 1 is 1.55 bits per heavy atom. The van der Waals surface area contributed by atoms with Crippen LogP contribution < -0.4 is 11.1 Å². The van der Waals surface area contributed by atoms with Crippen molar-refractivity contribution in [3.63, 3.8) is 0 Å². The van der Waals surface area contributed by atoms with Gasteiger partial charge in [0.05, 0.1) is 11.6 Å². The average molecular weight is 327 g/mol. The molecule has 0 aliphatic rings. The number of nitrogens with one attached hydrogen (secondary N) is 1. The molecule has 1 aromatic rings. The fraction of sp³-hybridized carbons (Fsp3) is 0.750. The Morgan fingerprint density at radius 2 is 2.23 bits per heavy atom. The zero-order chi connectivity index (χ0) is 16.8. The zero-order valence-electron chi connectivity index (χ0n) is 14.3. The summed E-state index contributed by atoms with van der Waals surface area (Å²) in [7, 11) is 1.75. The highest BCUT2D eigenvalue weighted by molar-refractivity contribution is 7.15. The molecule has 1 amide bonds. The van der Waals surface area contributed by atoms with Crippen molar-refractivity contribution in [3.8, 4) is 0 Å². The summed E-state index contributed by atoms with van der Waals surface area (Å²) >= 11 is 1.53. The predicted molar refractivity (Wildman–Crippen MR) is 92.4 cm³/mol. The fourth-order valence-corrected chi connectivity index (χ4v) is 2.94. The van der Waals surface area contributed by atoms with Crippen LogP contribution >= 0.6 is 11.3 Å². The number of thiazole rings is 1. The first-order chi connectivity index (χ1) is 10.3. The molecule has 3 N–H and O–H groups in total. The quantitative estimate of drug-likeness (QED) is 0.727. The van der Waals surface area contributed by atoms with E-state index in [4.69, 9.17) is 10.5 Å². The molecule has 0 bridgehead atoms. The maximum absolute atomic E-state index is 11.8. The summed E-state index contributed by atoms with van der Waals surface area (Å²) < 4.78 is 5.44. The Balaban J connectivity index is 2.48. The molecule has 1 aromatic heterocycles. The van der Waals surface area contributed by atoms with Gasteiger partial charge in [-0.05, 0) is 45.4 Å². The van der Waals surface area contributed by atoms with Gasteiger partial charge in [-0.15, -0.1) is 11.3 Å². The van der Waals surface area contributed by atoms with Gasteiger partial charge in [0.15, 0.2) is 5.13 Å². The van der Waals surface area contributed by atoms with Crippen LogP contribution in [-0.2, 0) is 9.53 Å². The molecule has 6 heteroatoms. The monoisotopic (exact) mass is 327 g/mol. The lowest BCUT2D eigenvalue weighted by Gasteiger charge is -2.23. The minimum Gasteiger partial charge on any atom is -0.379 e. The van der Waals surface area contributed by atoms with Gasteiger partial charge in [-0.2, -0.15) is 0 Å². The summed E-state index contributed by atoms with van der Waals surface area (Å²) in [6.45, 7) is 8.29. The highest BCUT2D eigenvalue weighted by atomic mass is 32.1. The van der Waals surface area contributed by atoms with E-state index in [-0.39, 0.29) is 11.5 Å². The van der Waals surface area contributed by atoms with E-state index in [9.17, 15) is 4.79 Å². The number of ether oxygens (including phenoxy) is 1. The van der Waals surface area contributed by atoms with Gasteiger partial charge in [-0.25, -0.2) is 4.98 Å². The lowest BCUT2D eigenvalue weighted by Crippen LogP contribution is -2.34. The van der Waals surface area contributed by atoms with Crippen LogP contribution in [0.15, 0.2) is 6.20 Å². The van der Waals surface area contributed by atoms with Gasteiger partial charge in [0, 0.05) is 18.2 Å². The number of carbonyl (C=O) groups is 1. The molecule has 2 atom stereocenters. The van der Waals surface area contributed by atoms with Crippen molar-refractivity contribution in [1.29, 1.82) is 0 Å². The molecule has 1 heterocycles. The minimum atomic E-state index is -0.471. The number of hydrogen-bond donors (Lipinski definition) is 2. The normalized spacial score (nSPS) is 14.6. The van der Waals surface area contributed by atoms with Crippen LogP contribution in [0.3, 0.4) is 0 Å². The molecular weight excluding hydrogens is 298 g/mol. The van der Waals surface area contributed by atoms with Crippen LogP contribution in [0.4, 0.5) is 5.13 Å². The molecule has 0 spiro atoms. The molecule has 0 aliphatic heterocycles. The van der Waals surface area contributed by atoms with Gasteiger partial charge in [0.2, 0.25) is 5.91 Å². The number of methoxy groups -OCH3 is 1. The molecule has 2 unspecified atom stereocenters. The topological polar surface area (TPSA) is 77.2 Å². The molecule has 0 saturated carbocycles. The lowest BCUT2D eigenvalue weighted by atomic mass is 9.96. The third kappa shape index (κ3) is 6.02. The van der Waals surface area contributed by atoms with Crippen molar-refractivity contribution >= 4 is 22.4 Å². The van der Waals surface area contributed by atoms with Gasteiger partial charge in [0.25, 0.3) is 0 Å². The van der Waals surface area contributed by atoms with Crippen molar-refractivity contribution in [2.45, 2.75) is 70.9 Å². The molecule has 0 aliphatic carbocycles. The molecule has 126 valence electrons. The van der Waals surface area contributed by atoms with E-state index in [1.165, 1.54) is 16.2 Å². The Kier molecular flexibility index (Phi) is 7.45. The smallest absolute Gasteiger partial charge is 0.243 e. The fourth-order valence-electron chi connectivity index (χ4n) is 2.03. The number of carbonyl (C=O) groups excluding carboxylic acids is 1. The van der Waals surface area contributed by atoms with E-state index >= 15 is 0 Å². The summed E-state index contributed by atoms with van der Waals surface area (Å²) in [6.07, 6.45) is 5.68. The highest BCUT2D eigenvalue weighted by Gasteiger charge is 2.18. The maximum Gasteiger partial charge on any atom is 0.243 e. The van der Waals surface area contributed by atoms with Crippen LogP contribution in [0.2, 0.25) is 0 Å². The van der Waals surface area contributed by atoms with E-state index in [0.717, 1.165) is 19.3 Å². The standard InChI is InChI=1S/C16H29N3O2S/c1-6-12(17)14(20)19-15-18-10-13(22-15)11(2)8-7-9-16(3,4)21-5/h10-12H,6-9,17H2,1-5H3,(H,18,19,20). The molecule has 0 fully saturated rings. The van der Waals surface area contributed by atoms with Crippen LogP contribution in [-0.4, -0.2) is 29.6 Å². The second-order valence-corrected chi connectivity index (χ2v) is 7.39. The number of rotatable bonds is 9. The van der Waals surface area contributed by atoms with Crippen molar-refractivity contribution in [2.75, 3.05) is 12.4 Å². The molecule has 0 aromatic carbocycles. The predicted octanol–water partition coefficient (Wildman–Crippen LogP) is 3.52. The number of aromatic nitrogens is 1. The second-order valence-electron chi connectivity index (χ2n) is 6.33. The van der Waals surface area contributed by atoms with Crippen LogP contribution in [0.1, 0.15) is 64.2 Å². The van der Waals surface area contributed by atoms with Crippen molar-refractivity contribution in [2.24, 2.45) is 5.73 Å². The minimum absolute atomic E-state index is 0.0666. The molecular formula is C16H29N3O2S. The van der Waals surface area contributed by atoms with Gasteiger partial charge in [-0.1, -0.05) is 13.8 Å². The summed E-state index contributed by atoms with van der Waals surface area (Å²) in [4.78, 5) is 17.2. The lowest BCUT2D eigenvalue weighted by molar-refractivity contribution is -0.117. The Morgan fingerprint density at radius 3 is 2.82 bits per heavy atom. The molecule has 22 heavy (non-hydrogen) atoms. The Hall–Kier alpha value is -0.980. The van der Waals surface area contributed by atoms with Gasteiger partial charge in [0.1, 0.15) is 0 Å². The second kappa shape index (κ2) is 8.60. The Bertz CT molecular complexity index is 474. The van der Waals surface area contributed by atoms with Crippen molar-refractivity contribution < 1.29 is 9.53 Å². The van der Waals surface area contributed by atoms with E-state index in [2.05, 4.69) is 31.1 Å². The summed E-state index contributed by atoms with van der Waals surface area (Å²) in [5.41, 5.74) is 5.64. The first-order valence-electron chi connectivity index (χ1n) is 7.86. The number of amides is 1. The third-order valence-corrected chi connectivity index (χ3v) is 5.13. The highest BCUT2D eigenvalue weighted by Crippen LogP contribution is 2.30. The van der Waals surface area contributed by atoms with Crippen LogP contribution in [0.5, 0.6) is 0 Å². The van der Waals surface area contributed by atoms with E-state index in [1.54, 1.807) is 7.11 Å². The Labute approximate surface area is 137 Å². The summed E-state index contributed by atoms with van der Waals surface area (Å²) in [6, 6.07) is -0.471. The van der Waals surface area contributed by atoms with Gasteiger partial charge < -0.3 is 15.8 Å². The molecule has 1 rings (SSSR count). The van der Waals surface area contributed by atoms with E-state index < -0.39 is 6.04 Å². The first-order valence-corrected chi connectivity index (χ1v) is 8.68. The van der Waals surface area contributed by atoms with Crippen LogP contribution in [0, 0.1) is 0 Å². The molecule has 0 saturated heterocycles. The number of hydrogen-bond acceptors (Lipinski definition) is 5. The maximum atomic E-state index is 11.8.